The third-order valence-corrected chi connectivity index (χ3v) is 3.13. The van der Waals surface area contributed by atoms with Crippen molar-refractivity contribution in [3.05, 3.63) is 51.3 Å². The molecule has 0 spiro atoms. The molecule has 0 fully saturated rings. The van der Waals surface area contributed by atoms with Gasteiger partial charge in [0, 0.05) is 5.02 Å². The van der Waals surface area contributed by atoms with Gasteiger partial charge < -0.3 is 9.15 Å². The first-order valence-corrected chi connectivity index (χ1v) is 7.18. The SMILES string of the molecule is Cc1cc(Cl)ccc1OCC(=O)NN=Cc1ccc(Br)o1. The molecule has 0 aliphatic heterocycles. The molecule has 21 heavy (non-hydrogen) atoms. The molecule has 1 N–H and O–H groups in total. The minimum atomic E-state index is -0.369. The van der Waals surface area contributed by atoms with Crippen molar-refractivity contribution in [3.8, 4) is 5.75 Å². The van der Waals surface area contributed by atoms with E-state index in [0.29, 0.717) is 21.2 Å². The maximum absolute atomic E-state index is 11.6. The Kier molecular flexibility index (Phi) is 5.41. The molecule has 1 amide bonds. The topological polar surface area (TPSA) is 63.8 Å². The van der Waals surface area contributed by atoms with Crippen molar-refractivity contribution >= 4 is 39.7 Å². The second kappa shape index (κ2) is 7.28. The number of rotatable bonds is 5. The second-order valence-electron chi connectivity index (χ2n) is 4.13. The third-order valence-electron chi connectivity index (χ3n) is 2.47. The Morgan fingerprint density at radius 1 is 1.48 bits per heavy atom. The average Bonchev–Trinajstić information content (AvgIpc) is 2.83. The normalized spacial score (nSPS) is 10.8. The number of carbonyl (C=O) groups excluding carboxylic acids is 1. The zero-order chi connectivity index (χ0) is 15.2. The van der Waals surface area contributed by atoms with Crippen LogP contribution in [-0.4, -0.2) is 18.7 Å². The van der Waals surface area contributed by atoms with Crippen molar-refractivity contribution in [3.63, 3.8) is 0 Å². The van der Waals surface area contributed by atoms with E-state index in [0.717, 1.165) is 5.56 Å². The lowest BCUT2D eigenvalue weighted by atomic mass is 10.2. The predicted octanol–water partition coefficient (Wildman–Crippen LogP) is 3.53. The number of amides is 1. The van der Waals surface area contributed by atoms with E-state index < -0.39 is 0 Å². The number of furan rings is 1. The largest absolute Gasteiger partial charge is 0.483 e. The van der Waals surface area contributed by atoms with Gasteiger partial charge in [-0.05, 0) is 58.7 Å². The fourth-order valence-electron chi connectivity index (χ4n) is 1.52. The lowest BCUT2D eigenvalue weighted by Crippen LogP contribution is -2.24. The van der Waals surface area contributed by atoms with Gasteiger partial charge in [-0.1, -0.05) is 11.6 Å². The zero-order valence-corrected chi connectivity index (χ0v) is 13.4. The molecule has 5 nitrogen and oxygen atoms in total. The summed E-state index contributed by atoms with van der Waals surface area (Å²) in [6.07, 6.45) is 1.40. The molecule has 0 aliphatic carbocycles. The molecule has 1 heterocycles. The summed E-state index contributed by atoms with van der Waals surface area (Å²) in [5.41, 5.74) is 3.21. The fraction of sp³-hybridized carbons (Fsp3) is 0.143. The third kappa shape index (κ3) is 4.91. The summed E-state index contributed by atoms with van der Waals surface area (Å²) in [4.78, 5) is 11.6. The Labute approximate surface area is 135 Å². The van der Waals surface area contributed by atoms with Crippen LogP contribution in [-0.2, 0) is 4.79 Å². The number of hydrogen-bond donors (Lipinski definition) is 1. The van der Waals surface area contributed by atoms with Crippen molar-refractivity contribution in [1.82, 2.24) is 5.43 Å². The summed E-state index contributed by atoms with van der Waals surface area (Å²) in [6, 6.07) is 8.63. The van der Waals surface area contributed by atoms with Crippen LogP contribution in [0.25, 0.3) is 0 Å². The Hall–Kier alpha value is -1.79. The predicted molar refractivity (Wildman–Crippen MR) is 83.8 cm³/mol. The number of benzene rings is 1. The second-order valence-corrected chi connectivity index (χ2v) is 5.35. The Morgan fingerprint density at radius 2 is 2.29 bits per heavy atom. The molecule has 0 saturated carbocycles. The van der Waals surface area contributed by atoms with E-state index in [1.807, 2.05) is 6.92 Å². The molecule has 2 aromatic rings. The molecule has 1 aromatic heterocycles. The number of hydrazone groups is 1. The van der Waals surface area contributed by atoms with Gasteiger partial charge in [0.2, 0.25) is 0 Å². The van der Waals surface area contributed by atoms with E-state index in [-0.39, 0.29) is 12.5 Å². The summed E-state index contributed by atoms with van der Waals surface area (Å²) in [5.74, 6) is 0.761. The number of aryl methyl sites for hydroxylation is 1. The highest BCUT2D eigenvalue weighted by atomic mass is 79.9. The van der Waals surface area contributed by atoms with Gasteiger partial charge in [-0.25, -0.2) is 5.43 Å². The van der Waals surface area contributed by atoms with Crippen molar-refractivity contribution < 1.29 is 13.9 Å². The highest BCUT2D eigenvalue weighted by Crippen LogP contribution is 2.21. The number of carbonyl (C=O) groups is 1. The van der Waals surface area contributed by atoms with Crippen LogP contribution >= 0.6 is 27.5 Å². The van der Waals surface area contributed by atoms with Crippen LogP contribution in [0.3, 0.4) is 0 Å². The molecule has 7 heteroatoms. The van der Waals surface area contributed by atoms with Crippen molar-refractivity contribution in [2.24, 2.45) is 5.10 Å². The van der Waals surface area contributed by atoms with Crippen molar-refractivity contribution in [2.75, 3.05) is 6.61 Å². The fourth-order valence-corrected chi connectivity index (χ4v) is 2.06. The molecule has 1 aromatic carbocycles. The Morgan fingerprint density at radius 3 is 2.95 bits per heavy atom. The first-order chi connectivity index (χ1) is 10.0. The maximum Gasteiger partial charge on any atom is 0.277 e. The van der Waals surface area contributed by atoms with Gasteiger partial charge in [-0.3, -0.25) is 4.79 Å². The summed E-state index contributed by atoms with van der Waals surface area (Å²) >= 11 is 9.01. The monoisotopic (exact) mass is 370 g/mol. The van der Waals surface area contributed by atoms with Crippen LogP contribution in [0.5, 0.6) is 5.75 Å². The number of ether oxygens (including phenoxy) is 1. The molecule has 0 unspecified atom stereocenters. The number of nitrogens with zero attached hydrogens (tertiary/aromatic N) is 1. The van der Waals surface area contributed by atoms with Crippen LogP contribution in [0.2, 0.25) is 5.02 Å². The first-order valence-electron chi connectivity index (χ1n) is 6.01. The summed E-state index contributed by atoms with van der Waals surface area (Å²) in [5, 5.41) is 4.39. The molecule has 0 saturated heterocycles. The lowest BCUT2D eigenvalue weighted by molar-refractivity contribution is -0.123. The number of nitrogens with one attached hydrogen (secondary N) is 1. The van der Waals surface area contributed by atoms with Gasteiger partial charge in [-0.15, -0.1) is 0 Å². The van der Waals surface area contributed by atoms with E-state index in [4.69, 9.17) is 20.8 Å². The van der Waals surface area contributed by atoms with Gasteiger partial charge >= 0.3 is 0 Å². The minimum Gasteiger partial charge on any atom is -0.483 e. The van der Waals surface area contributed by atoms with Gasteiger partial charge in [0.25, 0.3) is 5.91 Å². The molecule has 2 rings (SSSR count). The van der Waals surface area contributed by atoms with Crippen LogP contribution < -0.4 is 10.2 Å². The number of hydrogen-bond acceptors (Lipinski definition) is 4. The zero-order valence-electron chi connectivity index (χ0n) is 11.1. The maximum atomic E-state index is 11.6. The van der Waals surface area contributed by atoms with E-state index in [1.165, 1.54) is 6.21 Å². The van der Waals surface area contributed by atoms with Crippen molar-refractivity contribution in [1.29, 1.82) is 0 Å². The highest BCUT2D eigenvalue weighted by molar-refractivity contribution is 9.10. The molecular formula is C14H12BrClN2O3. The van der Waals surface area contributed by atoms with Crippen LogP contribution in [0, 0.1) is 6.92 Å². The summed E-state index contributed by atoms with van der Waals surface area (Å²) in [6.45, 7) is 1.72. The van der Waals surface area contributed by atoms with E-state index in [9.17, 15) is 4.79 Å². The summed E-state index contributed by atoms with van der Waals surface area (Å²) < 4.78 is 11.2. The van der Waals surface area contributed by atoms with Gasteiger partial charge in [-0.2, -0.15) is 5.10 Å². The lowest BCUT2D eigenvalue weighted by Gasteiger charge is -2.08. The Balaban J connectivity index is 1.81. The van der Waals surface area contributed by atoms with Gasteiger partial charge in [0.05, 0.1) is 6.21 Å². The Bertz CT molecular complexity index is 670. The van der Waals surface area contributed by atoms with E-state index in [1.54, 1.807) is 30.3 Å². The van der Waals surface area contributed by atoms with Crippen LogP contribution in [0.4, 0.5) is 0 Å². The van der Waals surface area contributed by atoms with Crippen LogP contribution in [0.15, 0.2) is 44.5 Å². The smallest absolute Gasteiger partial charge is 0.277 e. The molecular weight excluding hydrogens is 360 g/mol. The van der Waals surface area contributed by atoms with Crippen LogP contribution in [0.1, 0.15) is 11.3 Å². The standard InChI is InChI=1S/C14H12BrClN2O3/c1-9-6-10(16)2-4-12(9)20-8-14(19)18-17-7-11-3-5-13(15)21-11/h2-7H,8H2,1H3,(H,18,19). The average molecular weight is 372 g/mol. The molecule has 0 atom stereocenters. The first kappa shape index (κ1) is 15.6. The van der Waals surface area contributed by atoms with E-state index >= 15 is 0 Å². The molecule has 0 radical (unpaired) electrons. The quantitative estimate of drug-likeness (QED) is 0.646. The van der Waals surface area contributed by atoms with Gasteiger partial charge in [0.1, 0.15) is 11.5 Å². The highest BCUT2D eigenvalue weighted by Gasteiger charge is 2.04. The molecule has 110 valence electrons. The summed E-state index contributed by atoms with van der Waals surface area (Å²) in [7, 11) is 0. The van der Waals surface area contributed by atoms with E-state index in [2.05, 4.69) is 26.5 Å². The van der Waals surface area contributed by atoms with Gasteiger partial charge in [0.15, 0.2) is 11.3 Å². The van der Waals surface area contributed by atoms with Crippen molar-refractivity contribution in [2.45, 2.75) is 6.92 Å². The minimum absolute atomic E-state index is 0.137. The molecule has 0 aliphatic rings. The number of halogens is 2. The molecule has 0 bridgehead atoms.